The van der Waals surface area contributed by atoms with Crippen molar-refractivity contribution in [1.82, 2.24) is 4.98 Å². The predicted octanol–water partition coefficient (Wildman–Crippen LogP) is 4.40. The molecule has 2 fully saturated rings. The van der Waals surface area contributed by atoms with Crippen LogP contribution in [0.1, 0.15) is 50.9 Å². The monoisotopic (exact) mass is 493 g/mol. The Morgan fingerprint density at radius 3 is 2.29 bits per heavy atom. The molecule has 4 rings (SSSR count). The average molecular weight is 494 g/mol. The number of rotatable bonds is 6. The molecule has 0 radical (unpaired) electrons. The zero-order chi connectivity index (χ0) is 24.7. The van der Waals surface area contributed by atoms with E-state index < -0.39 is 29.8 Å². The van der Waals surface area contributed by atoms with Gasteiger partial charge in [0.15, 0.2) is 0 Å². The van der Waals surface area contributed by atoms with Crippen LogP contribution in [0.2, 0.25) is 0 Å². The molecule has 1 aromatic carbocycles. The van der Waals surface area contributed by atoms with Crippen LogP contribution in [-0.4, -0.2) is 47.9 Å². The smallest absolute Gasteiger partial charge is 0.420 e. The van der Waals surface area contributed by atoms with Crippen LogP contribution in [0, 0.1) is 0 Å². The maximum atomic E-state index is 13.0. The number of alkyl halides is 3. The molecule has 0 spiro atoms. The molecule has 1 N–H and O–H groups in total. The Kier molecular flexibility index (Phi) is 6.52. The number of halogens is 3. The van der Waals surface area contributed by atoms with Crippen LogP contribution in [0.3, 0.4) is 0 Å². The quantitative estimate of drug-likeness (QED) is 0.475. The van der Waals surface area contributed by atoms with Crippen molar-refractivity contribution in [1.29, 1.82) is 0 Å². The van der Waals surface area contributed by atoms with E-state index in [9.17, 15) is 13.6 Å². The summed E-state index contributed by atoms with van der Waals surface area (Å²) in [6.07, 6.45) is 3.66. The number of anilines is 2. The second kappa shape index (κ2) is 8.98. The summed E-state index contributed by atoms with van der Waals surface area (Å²) in [6.45, 7) is 9.64. The van der Waals surface area contributed by atoms with Gasteiger partial charge in [0, 0.05) is 42.0 Å². The number of aromatic nitrogens is 1. The lowest BCUT2D eigenvalue weighted by molar-refractivity contribution is -0.0964. The molecule has 0 bridgehead atoms. The van der Waals surface area contributed by atoms with Crippen LogP contribution >= 0.6 is 11.6 Å². The van der Waals surface area contributed by atoms with Gasteiger partial charge in [0.25, 0.3) is 5.91 Å². The van der Waals surface area contributed by atoms with Crippen molar-refractivity contribution in [2.75, 3.05) is 23.3 Å². The van der Waals surface area contributed by atoms with Crippen molar-refractivity contribution in [3.05, 3.63) is 42.1 Å². The Balaban J connectivity index is 1.58. The van der Waals surface area contributed by atoms with Gasteiger partial charge < -0.3 is 24.3 Å². The molecule has 2 aliphatic rings. The Bertz CT molecular complexity index is 1040. The first-order valence-corrected chi connectivity index (χ1v) is 11.5. The fraction of sp³-hybridized carbons (Fsp3) is 0.478. The number of hydrogen-bond acceptors (Lipinski definition) is 6. The van der Waals surface area contributed by atoms with Gasteiger partial charge in [-0.2, -0.15) is 0 Å². The lowest BCUT2D eigenvalue weighted by atomic mass is 9.78. The number of ether oxygens (including phenoxy) is 1. The van der Waals surface area contributed by atoms with Crippen LogP contribution in [0.5, 0.6) is 5.75 Å². The highest BCUT2D eigenvalue weighted by Gasteiger charge is 2.53. The van der Waals surface area contributed by atoms with Crippen molar-refractivity contribution in [3.8, 4) is 5.75 Å². The molecule has 0 atom stereocenters. The lowest BCUT2D eigenvalue weighted by Crippen LogP contribution is -2.41. The SMILES string of the molecule is CC1(C)OB(c2cc(C(=O)Nc3ccc(OC(F)(F)Cl)cc3)cnc2N2CCCC2)OC1(C)C. The van der Waals surface area contributed by atoms with Crippen molar-refractivity contribution in [2.24, 2.45) is 0 Å². The summed E-state index contributed by atoms with van der Waals surface area (Å²) in [5.41, 5.74) is -3.47. The first-order chi connectivity index (χ1) is 15.8. The standard InChI is InChI=1S/C23H27BClF2N3O4/c1-21(2)22(3,4)34-24(33-21)18-13-15(14-28-19(18)30-11-5-6-12-30)20(31)29-16-7-9-17(10-8-16)32-23(25,26)27/h7-10,13-14H,5-6,11-12H2,1-4H3,(H,29,31). The summed E-state index contributed by atoms with van der Waals surface area (Å²) < 4.78 is 42.4. The van der Waals surface area contributed by atoms with E-state index in [0.717, 1.165) is 31.7 Å². The summed E-state index contributed by atoms with van der Waals surface area (Å²) >= 11 is 4.78. The Morgan fingerprint density at radius 2 is 1.74 bits per heavy atom. The normalized spacial score (nSPS) is 19.4. The molecule has 2 aromatic rings. The molecule has 0 unspecified atom stereocenters. The molecule has 2 saturated heterocycles. The topological polar surface area (TPSA) is 72.9 Å². The van der Waals surface area contributed by atoms with Crippen molar-refractivity contribution < 1.29 is 27.6 Å². The van der Waals surface area contributed by atoms with Crippen molar-refractivity contribution in [3.63, 3.8) is 0 Å². The van der Waals surface area contributed by atoms with Crippen LogP contribution in [0.25, 0.3) is 0 Å². The van der Waals surface area contributed by atoms with E-state index in [-0.39, 0.29) is 5.75 Å². The minimum atomic E-state index is -3.81. The number of hydrogen-bond donors (Lipinski definition) is 1. The van der Waals surface area contributed by atoms with Gasteiger partial charge in [0.2, 0.25) is 0 Å². The van der Waals surface area contributed by atoms with Crippen LogP contribution in [0.4, 0.5) is 20.3 Å². The number of pyridine rings is 1. The molecule has 11 heteroatoms. The maximum Gasteiger partial charge on any atom is 0.498 e. The largest absolute Gasteiger partial charge is 0.498 e. The van der Waals surface area contributed by atoms with E-state index in [1.54, 1.807) is 6.07 Å². The zero-order valence-corrected chi connectivity index (χ0v) is 20.3. The number of benzene rings is 1. The van der Waals surface area contributed by atoms with Crippen LogP contribution < -0.4 is 20.4 Å². The van der Waals surface area contributed by atoms with Gasteiger partial charge in [0.05, 0.1) is 16.8 Å². The van der Waals surface area contributed by atoms with Gasteiger partial charge in [-0.3, -0.25) is 4.79 Å². The third kappa shape index (κ3) is 5.29. The fourth-order valence-electron chi connectivity index (χ4n) is 3.88. The summed E-state index contributed by atoms with van der Waals surface area (Å²) in [7, 11) is -0.672. The number of carbonyl (C=O) groups excluding carboxylic acids is 1. The van der Waals surface area contributed by atoms with Gasteiger partial charge >= 0.3 is 12.7 Å². The minimum absolute atomic E-state index is 0.127. The van der Waals surface area contributed by atoms with Gasteiger partial charge in [-0.05, 0) is 70.9 Å². The number of carbonyl (C=O) groups is 1. The van der Waals surface area contributed by atoms with Gasteiger partial charge in [-0.25, -0.2) is 4.98 Å². The highest BCUT2D eigenvalue weighted by atomic mass is 35.5. The van der Waals surface area contributed by atoms with Gasteiger partial charge in [0.1, 0.15) is 11.6 Å². The number of amides is 1. The van der Waals surface area contributed by atoms with Crippen LogP contribution in [-0.2, 0) is 9.31 Å². The molecule has 182 valence electrons. The molecule has 0 aliphatic carbocycles. The molecule has 34 heavy (non-hydrogen) atoms. The maximum absolute atomic E-state index is 13.0. The van der Waals surface area contributed by atoms with E-state index >= 15 is 0 Å². The van der Waals surface area contributed by atoms with Crippen molar-refractivity contribution in [2.45, 2.75) is 57.3 Å². The number of nitrogens with zero attached hydrogens (tertiary/aromatic N) is 2. The van der Waals surface area contributed by atoms with E-state index in [4.69, 9.17) is 20.9 Å². The van der Waals surface area contributed by atoms with Crippen LogP contribution in [0.15, 0.2) is 36.5 Å². The number of nitrogens with one attached hydrogen (secondary N) is 1. The molecule has 1 aromatic heterocycles. The summed E-state index contributed by atoms with van der Waals surface area (Å²) in [6, 6.07) is 7.20. The molecular formula is C23H27BClF2N3O4. The summed E-state index contributed by atoms with van der Waals surface area (Å²) in [5.74, 6) is 0.211. The first-order valence-electron chi connectivity index (χ1n) is 11.1. The van der Waals surface area contributed by atoms with E-state index in [2.05, 4.69) is 19.9 Å². The zero-order valence-electron chi connectivity index (χ0n) is 19.5. The van der Waals surface area contributed by atoms with Crippen molar-refractivity contribution >= 4 is 41.6 Å². The third-order valence-electron chi connectivity index (χ3n) is 6.42. The summed E-state index contributed by atoms with van der Waals surface area (Å²) in [5, 5.41) is 2.74. The van der Waals surface area contributed by atoms with Gasteiger partial charge in [-0.1, -0.05) is 0 Å². The highest BCUT2D eigenvalue weighted by molar-refractivity contribution is 6.64. The Hall–Kier alpha value is -2.43. The van der Waals surface area contributed by atoms with E-state index in [1.165, 1.54) is 30.5 Å². The second-order valence-corrected chi connectivity index (χ2v) is 9.89. The molecule has 1 amide bonds. The highest BCUT2D eigenvalue weighted by Crippen LogP contribution is 2.37. The molecule has 3 heterocycles. The van der Waals surface area contributed by atoms with E-state index in [1.807, 2.05) is 27.7 Å². The lowest BCUT2D eigenvalue weighted by Gasteiger charge is -2.32. The molecular weight excluding hydrogens is 467 g/mol. The molecule has 2 aliphatic heterocycles. The molecule has 7 nitrogen and oxygen atoms in total. The van der Waals surface area contributed by atoms with E-state index in [0.29, 0.717) is 16.7 Å². The summed E-state index contributed by atoms with van der Waals surface area (Å²) in [4.78, 5) is 19.7. The fourth-order valence-corrected chi connectivity index (χ4v) is 3.97. The molecule has 0 saturated carbocycles. The first kappa shape index (κ1) is 24.7. The average Bonchev–Trinajstić information content (AvgIpc) is 3.34. The Morgan fingerprint density at radius 1 is 1.15 bits per heavy atom. The minimum Gasteiger partial charge on any atom is -0.420 e. The second-order valence-electron chi connectivity index (χ2n) is 9.45. The van der Waals surface area contributed by atoms with Gasteiger partial charge in [-0.15, -0.1) is 8.78 Å². The Labute approximate surface area is 202 Å². The predicted molar refractivity (Wildman–Crippen MR) is 127 cm³/mol. The third-order valence-corrected chi connectivity index (χ3v) is 6.49.